The minimum atomic E-state index is -2.07. The summed E-state index contributed by atoms with van der Waals surface area (Å²) in [7, 11) is 0. The van der Waals surface area contributed by atoms with Gasteiger partial charge in [-0.05, 0) is 18.9 Å². The summed E-state index contributed by atoms with van der Waals surface area (Å²) in [5.74, 6) is -1.93. The van der Waals surface area contributed by atoms with Crippen molar-refractivity contribution in [1.82, 2.24) is 0 Å². The molecule has 14 atom stereocenters. The maximum atomic E-state index is 11.7. The molecule has 2 saturated heterocycles. The second-order valence-electron chi connectivity index (χ2n) is 11.2. The number of rotatable bonds is 20. The van der Waals surface area contributed by atoms with Crippen LogP contribution in [0.4, 0.5) is 0 Å². The zero-order valence-corrected chi connectivity index (χ0v) is 25.4. The van der Waals surface area contributed by atoms with Crippen LogP contribution in [0.15, 0.2) is 11.8 Å². The Balaban J connectivity index is 2.00. The summed E-state index contributed by atoms with van der Waals surface area (Å²) in [5.41, 5.74) is 0. The molecule has 2 fully saturated rings. The Labute approximate surface area is 265 Å². The van der Waals surface area contributed by atoms with E-state index in [4.69, 9.17) is 23.7 Å². The van der Waals surface area contributed by atoms with Gasteiger partial charge in [0.05, 0.1) is 19.8 Å². The van der Waals surface area contributed by atoms with E-state index in [0.717, 1.165) is 25.7 Å². The van der Waals surface area contributed by atoms with Crippen molar-refractivity contribution in [3.05, 3.63) is 11.8 Å². The summed E-state index contributed by atoms with van der Waals surface area (Å²) in [5, 5.41) is 111. The van der Waals surface area contributed by atoms with Gasteiger partial charge in [0.15, 0.2) is 25.0 Å². The summed E-state index contributed by atoms with van der Waals surface area (Å²) in [4.78, 5) is 22.3. The molecule has 2 aliphatic rings. The summed E-state index contributed by atoms with van der Waals surface area (Å²) in [6.45, 7) is -0.232. The number of carboxylic acid groups (broad SMARTS) is 1. The number of carbonyl (C=O) groups excluding carboxylic acids is 1. The average molecular weight is 673 g/mol. The Morgan fingerprint density at radius 3 is 2.02 bits per heavy atom. The fourth-order valence-corrected chi connectivity index (χ4v) is 4.83. The van der Waals surface area contributed by atoms with Crippen LogP contribution in [-0.4, -0.2) is 174 Å². The van der Waals surface area contributed by atoms with Crippen molar-refractivity contribution < 1.29 is 89.4 Å². The van der Waals surface area contributed by atoms with Gasteiger partial charge in [-0.3, -0.25) is 0 Å². The number of hydrogen-bond acceptors (Lipinski definition) is 17. The number of aliphatic hydroxyl groups excluding tert-OH is 10. The standard InChI is InChI=1S/C28H48O18/c1-2-3-4-5-6-7-8-15(26(40)41)44-25-16(10-30)45-28(24(39)22(25)37)43-12-17-20(35)21(36)23(38)27(46-17)42-11-14(32)19(34)18(33)13(31)9-29/h8-9,13-14,16-25,27-28,30-39H,2-7,10-12H2,1H3,(H,40,41)/b15-8+/t13-,14+,16+,17+,18+,19+,20+,21-,22-,23+,24+,25+,27-,28-/m0/s1. The summed E-state index contributed by atoms with van der Waals surface area (Å²) in [6.07, 6.45) is -18.8. The summed E-state index contributed by atoms with van der Waals surface area (Å²) >= 11 is 0. The van der Waals surface area contributed by atoms with Crippen LogP contribution >= 0.6 is 0 Å². The van der Waals surface area contributed by atoms with E-state index in [1.54, 1.807) is 0 Å². The van der Waals surface area contributed by atoms with Crippen LogP contribution in [0.5, 0.6) is 0 Å². The number of unbranched alkanes of at least 4 members (excludes halogenated alkanes) is 5. The van der Waals surface area contributed by atoms with Crippen molar-refractivity contribution in [3.8, 4) is 0 Å². The van der Waals surface area contributed by atoms with Crippen molar-refractivity contribution in [3.63, 3.8) is 0 Å². The molecule has 2 aliphatic heterocycles. The molecule has 0 spiro atoms. The van der Waals surface area contributed by atoms with Crippen LogP contribution in [0.2, 0.25) is 0 Å². The quantitative estimate of drug-likeness (QED) is 0.0252. The largest absolute Gasteiger partial charge is 0.478 e. The van der Waals surface area contributed by atoms with Gasteiger partial charge in [-0.2, -0.15) is 0 Å². The normalized spacial score (nSPS) is 34.8. The number of aldehydes is 1. The molecule has 2 rings (SSSR count). The minimum Gasteiger partial charge on any atom is -0.478 e. The van der Waals surface area contributed by atoms with Crippen molar-refractivity contribution in [2.45, 2.75) is 131 Å². The highest BCUT2D eigenvalue weighted by Gasteiger charge is 2.49. The second kappa shape index (κ2) is 19.8. The van der Waals surface area contributed by atoms with Gasteiger partial charge in [0.25, 0.3) is 0 Å². The smallest absolute Gasteiger partial charge is 0.370 e. The maximum absolute atomic E-state index is 11.7. The van der Waals surface area contributed by atoms with E-state index in [-0.39, 0.29) is 6.29 Å². The molecule has 0 amide bonds. The zero-order valence-electron chi connectivity index (χ0n) is 25.4. The van der Waals surface area contributed by atoms with Crippen LogP contribution in [0.25, 0.3) is 0 Å². The first-order valence-electron chi connectivity index (χ1n) is 15.1. The number of carboxylic acids is 1. The highest BCUT2D eigenvalue weighted by atomic mass is 16.7. The van der Waals surface area contributed by atoms with Gasteiger partial charge >= 0.3 is 5.97 Å². The molecule has 18 nitrogen and oxygen atoms in total. The lowest BCUT2D eigenvalue weighted by molar-refractivity contribution is -0.333. The molecule has 46 heavy (non-hydrogen) atoms. The summed E-state index contributed by atoms with van der Waals surface area (Å²) < 4.78 is 27.0. The van der Waals surface area contributed by atoms with Crippen molar-refractivity contribution >= 4 is 12.3 Å². The van der Waals surface area contributed by atoms with E-state index in [2.05, 4.69) is 6.92 Å². The van der Waals surface area contributed by atoms with Crippen LogP contribution < -0.4 is 0 Å². The topological polar surface area (TPSA) is 303 Å². The van der Waals surface area contributed by atoms with Gasteiger partial charge in [-0.25, -0.2) is 4.79 Å². The van der Waals surface area contributed by atoms with Gasteiger partial charge in [0.1, 0.15) is 67.1 Å². The van der Waals surface area contributed by atoms with E-state index in [1.807, 2.05) is 0 Å². The van der Waals surface area contributed by atoms with Gasteiger partial charge in [-0.1, -0.05) is 32.6 Å². The Kier molecular flexibility index (Phi) is 17.4. The first-order chi connectivity index (χ1) is 21.8. The number of aliphatic carboxylic acids is 1. The van der Waals surface area contributed by atoms with Crippen molar-refractivity contribution in [2.24, 2.45) is 0 Å². The number of ether oxygens (including phenoxy) is 5. The van der Waals surface area contributed by atoms with E-state index in [0.29, 0.717) is 12.8 Å². The highest BCUT2D eigenvalue weighted by Crippen LogP contribution is 2.28. The monoisotopic (exact) mass is 672 g/mol. The summed E-state index contributed by atoms with van der Waals surface area (Å²) in [6, 6.07) is 0. The lowest BCUT2D eigenvalue weighted by atomic mass is 9.98. The Morgan fingerprint density at radius 1 is 0.804 bits per heavy atom. The fraction of sp³-hybridized carbons (Fsp3) is 0.857. The van der Waals surface area contributed by atoms with Crippen molar-refractivity contribution in [1.29, 1.82) is 0 Å². The third-order valence-electron chi connectivity index (χ3n) is 7.69. The zero-order chi connectivity index (χ0) is 34.6. The molecular weight excluding hydrogens is 624 g/mol. The molecule has 0 unspecified atom stereocenters. The molecule has 0 aromatic rings. The molecule has 18 heteroatoms. The molecule has 0 aromatic carbocycles. The number of allylic oxidation sites excluding steroid dienone is 1. The second-order valence-corrected chi connectivity index (χ2v) is 11.2. The molecule has 0 bridgehead atoms. The Morgan fingerprint density at radius 2 is 1.41 bits per heavy atom. The number of carbonyl (C=O) groups is 2. The molecule has 268 valence electrons. The predicted octanol–water partition coefficient (Wildman–Crippen LogP) is -4.38. The first kappa shape index (κ1) is 40.3. The van der Waals surface area contributed by atoms with Gasteiger partial charge in [0, 0.05) is 0 Å². The van der Waals surface area contributed by atoms with Gasteiger partial charge < -0.3 is 84.7 Å². The third kappa shape index (κ3) is 11.1. The molecule has 11 N–H and O–H groups in total. The third-order valence-corrected chi connectivity index (χ3v) is 7.69. The molecule has 0 saturated carbocycles. The SMILES string of the molecule is CCCCCCC/C=C(/O[C@H]1[C@@H](O)[C@@H](O)[C@@H](OC[C@H]2O[C@H](OC[C@@H](O)[C@@H](O)[C@H](O)[C@@H](O)C=O)[C@H](O)[C@@H](O)[C@@H]2O)O[C@@H]1CO)C(=O)O. The fourth-order valence-electron chi connectivity index (χ4n) is 4.83. The average Bonchev–Trinajstić information content (AvgIpc) is 3.04. The van der Waals surface area contributed by atoms with E-state index < -0.39 is 117 Å². The first-order valence-corrected chi connectivity index (χ1v) is 15.1. The van der Waals surface area contributed by atoms with E-state index in [1.165, 1.54) is 6.08 Å². The minimum absolute atomic E-state index is 0.0681. The predicted molar refractivity (Wildman–Crippen MR) is 150 cm³/mol. The lowest BCUT2D eigenvalue weighted by Gasteiger charge is -2.43. The van der Waals surface area contributed by atoms with Gasteiger partial charge in [-0.15, -0.1) is 0 Å². The van der Waals surface area contributed by atoms with Crippen LogP contribution in [0.3, 0.4) is 0 Å². The van der Waals surface area contributed by atoms with Crippen molar-refractivity contribution in [2.75, 3.05) is 19.8 Å². The molecule has 0 aliphatic carbocycles. The Bertz CT molecular complexity index is 934. The molecular formula is C28H48O18. The Hall–Kier alpha value is -1.88. The van der Waals surface area contributed by atoms with E-state index >= 15 is 0 Å². The molecule has 0 radical (unpaired) electrons. The highest BCUT2D eigenvalue weighted by molar-refractivity contribution is 5.84. The molecule has 0 aromatic heterocycles. The van der Waals surface area contributed by atoms with E-state index in [9.17, 15) is 65.8 Å². The number of aliphatic hydroxyl groups is 10. The molecule has 2 heterocycles. The maximum Gasteiger partial charge on any atom is 0.370 e. The lowest BCUT2D eigenvalue weighted by Crippen LogP contribution is -2.62. The van der Waals surface area contributed by atoms with Crippen LogP contribution in [0, 0.1) is 0 Å². The van der Waals surface area contributed by atoms with Crippen LogP contribution in [-0.2, 0) is 33.3 Å². The number of hydrogen-bond donors (Lipinski definition) is 11. The van der Waals surface area contributed by atoms with Gasteiger partial charge in [0.2, 0.25) is 5.76 Å². The van der Waals surface area contributed by atoms with Crippen LogP contribution in [0.1, 0.15) is 45.4 Å².